The molecule has 0 aromatic heterocycles. The Morgan fingerprint density at radius 2 is 1.75 bits per heavy atom. The van der Waals surface area contributed by atoms with Crippen molar-refractivity contribution in [3.05, 3.63) is 29.8 Å². The molecular formula is C12H13F3O4S. The van der Waals surface area contributed by atoms with E-state index < -0.39 is 35.1 Å². The molecule has 0 saturated heterocycles. The summed E-state index contributed by atoms with van der Waals surface area (Å²) in [6, 6.07) is 5.82. The molecule has 0 unspecified atom stereocenters. The van der Waals surface area contributed by atoms with Crippen molar-refractivity contribution in [2.45, 2.75) is 30.8 Å². The first-order chi connectivity index (χ1) is 9.13. The summed E-state index contributed by atoms with van der Waals surface area (Å²) in [5.41, 5.74) is 0.861. The largest absolute Gasteiger partial charge is 0.449 e. The van der Waals surface area contributed by atoms with Gasteiger partial charge in [-0.1, -0.05) is 17.7 Å². The molecule has 0 spiro atoms. The molecule has 1 aromatic carbocycles. The van der Waals surface area contributed by atoms with E-state index in [0.717, 1.165) is 5.56 Å². The highest BCUT2D eigenvalue weighted by molar-refractivity contribution is 7.86. The van der Waals surface area contributed by atoms with Gasteiger partial charge in [-0.2, -0.15) is 21.6 Å². The molecule has 0 saturated carbocycles. The number of Topliss-reactive ketones (excluding diaryl/α,β-unsaturated/α-hetero) is 1. The number of hydrogen-bond donors (Lipinski definition) is 0. The Bertz CT molecular complexity index is 561. The van der Waals surface area contributed by atoms with Crippen LogP contribution in [0.5, 0.6) is 0 Å². The second kappa shape index (κ2) is 6.36. The molecule has 8 heteroatoms. The zero-order valence-electron chi connectivity index (χ0n) is 10.6. The van der Waals surface area contributed by atoms with Crippen LogP contribution in [0.1, 0.15) is 18.4 Å². The van der Waals surface area contributed by atoms with Crippen molar-refractivity contribution in [3.63, 3.8) is 0 Å². The van der Waals surface area contributed by atoms with E-state index in [0.29, 0.717) is 0 Å². The molecule has 20 heavy (non-hydrogen) atoms. The van der Waals surface area contributed by atoms with Crippen LogP contribution in [-0.4, -0.2) is 27.0 Å². The smallest absolute Gasteiger partial charge is 0.290 e. The van der Waals surface area contributed by atoms with Crippen LogP contribution in [0, 0.1) is 6.92 Å². The summed E-state index contributed by atoms with van der Waals surface area (Å²) < 4.78 is 63.6. The van der Waals surface area contributed by atoms with E-state index in [1.807, 2.05) is 0 Å². The SMILES string of the molecule is Cc1ccc(S(=O)(=O)OCCCC(=O)C(F)(F)F)cc1. The number of hydrogen-bond acceptors (Lipinski definition) is 4. The quantitative estimate of drug-likeness (QED) is 0.598. The average Bonchev–Trinajstić information content (AvgIpc) is 2.33. The third-order valence-corrected chi connectivity index (χ3v) is 3.74. The minimum atomic E-state index is -4.89. The summed E-state index contributed by atoms with van der Waals surface area (Å²) in [7, 11) is -4.00. The Kier molecular flexibility index (Phi) is 5.29. The molecular weight excluding hydrogens is 297 g/mol. The van der Waals surface area contributed by atoms with Gasteiger partial charge < -0.3 is 0 Å². The van der Waals surface area contributed by atoms with E-state index in [2.05, 4.69) is 4.18 Å². The maximum atomic E-state index is 11.9. The summed E-state index contributed by atoms with van der Waals surface area (Å²) >= 11 is 0. The molecule has 0 heterocycles. The van der Waals surface area contributed by atoms with E-state index in [1.54, 1.807) is 19.1 Å². The van der Waals surface area contributed by atoms with E-state index >= 15 is 0 Å². The van der Waals surface area contributed by atoms with Gasteiger partial charge in [0.25, 0.3) is 10.1 Å². The molecule has 0 fully saturated rings. The number of aryl methyl sites for hydroxylation is 1. The molecule has 112 valence electrons. The summed E-state index contributed by atoms with van der Waals surface area (Å²) in [5, 5.41) is 0. The lowest BCUT2D eigenvalue weighted by Gasteiger charge is -2.07. The zero-order valence-corrected chi connectivity index (χ0v) is 11.4. The van der Waals surface area contributed by atoms with Gasteiger partial charge >= 0.3 is 6.18 Å². The summed E-state index contributed by atoms with van der Waals surface area (Å²) in [6.45, 7) is 1.30. The van der Waals surface area contributed by atoms with Crippen LogP contribution in [0.4, 0.5) is 13.2 Å². The summed E-state index contributed by atoms with van der Waals surface area (Å²) in [6.07, 6.45) is -6.01. The highest BCUT2D eigenvalue weighted by atomic mass is 32.2. The Labute approximate surface area is 114 Å². The van der Waals surface area contributed by atoms with Gasteiger partial charge in [-0.25, -0.2) is 0 Å². The lowest BCUT2D eigenvalue weighted by atomic mass is 10.2. The van der Waals surface area contributed by atoms with Crippen molar-refractivity contribution in [1.29, 1.82) is 0 Å². The summed E-state index contributed by atoms with van der Waals surface area (Å²) in [4.78, 5) is 10.5. The van der Waals surface area contributed by atoms with Crippen molar-refractivity contribution >= 4 is 15.9 Å². The second-order valence-corrected chi connectivity index (χ2v) is 5.73. The standard InChI is InChI=1S/C12H13F3O4S/c1-9-4-6-10(7-5-9)20(17,18)19-8-2-3-11(16)12(13,14)15/h4-7H,2-3,8H2,1H3. The number of benzene rings is 1. The van der Waals surface area contributed by atoms with Gasteiger partial charge in [-0.15, -0.1) is 0 Å². The highest BCUT2D eigenvalue weighted by Gasteiger charge is 2.37. The number of halogens is 3. The van der Waals surface area contributed by atoms with Gasteiger partial charge in [-0.3, -0.25) is 8.98 Å². The number of carbonyl (C=O) groups is 1. The molecule has 0 atom stereocenters. The molecule has 0 amide bonds. The van der Waals surface area contributed by atoms with Gasteiger partial charge in [0, 0.05) is 6.42 Å². The first-order valence-corrected chi connectivity index (χ1v) is 7.10. The Morgan fingerprint density at radius 3 is 2.25 bits per heavy atom. The predicted molar refractivity (Wildman–Crippen MR) is 64.6 cm³/mol. The molecule has 0 N–H and O–H groups in total. The molecule has 1 rings (SSSR count). The molecule has 1 aromatic rings. The third kappa shape index (κ3) is 4.93. The van der Waals surface area contributed by atoms with Crippen molar-refractivity contribution in [1.82, 2.24) is 0 Å². The van der Waals surface area contributed by atoms with E-state index in [-0.39, 0.29) is 11.3 Å². The van der Waals surface area contributed by atoms with Gasteiger partial charge in [0.05, 0.1) is 11.5 Å². The normalized spacial score (nSPS) is 12.4. The first-order valence-electron chi connectivity index (χ1n) is 5.69. The lowest BCUT2D eigenvalue weighted by Crippen LogP contribution is -2.22. The van der Waals surface area contributed by atoms with E-state index in [9.17, 15) is 26.4 Å². The number of alkyl halides is 3. The van der Waals surface area contributed by atoms with Gasteiger partial charge in [0.15, 0.2) is 0 Å². The number of ketones is 1. The van der Waals surface area contributed by atoms with Crippen LogP contribution in [0.2, 0.25) is 0 Å². The number of carbonyl (C=O) groups excluding carboxylic acids is 1. The van der Waals surface area contributed by atoms with Crippen LogP contribution in [-0.2, 0) is 19.1 Å². The van der Waals surface area contributed by atoms with E-state index in [4.69, 9.17) is 0 Å². The van der Waals surface area contributed by atoms with Gasteiger partial charge in [0.2, 0.25) is 5.78 Å². The fourth-order valence-corrected chi connectivity index (χ4v) is 2.26. The molecule has 0 aliphatic rings. The monoisotopic (exact) mass is 310 g/mol. The molecule has 0 radical (unpaired) electrons. The van der Waals surface area contributed by atoms with Crippen LogP contribution in [0.15, 0.2) is 29.2 Å². The predicted octanol–water partition coefficient (Wildman–Crippen LogP) is 2.61. The minimum Gasteiger partial charge on any atom is -0.290 e. The Morgan fingerprint density at radius 1 is 1.20 bits per heavy atom. The molecule has 0 aliphatic carbocycles. The Hall–Kier alpha value is -1.41. The maximum Gasteiger partial charge on any atom is 0.449 e. The van der Waals surface area contributed by atoms with Crippen LogP contribution >= 0.6 is 0 Å². The maximum absolute atomic E-state index is 11.9. The fraction of sp³-hybridized carbons (Fsp3) is 0.417. The molecule has 4 nitrogen and oxygen atoms in total. The number of rotatable bonds is 6. The van der Waals surface area contributed by atoms with Crippen molar-refractivity contribution in [3.8, 4) is 0 Å². The minimum absolute atomic E-state index is 0.0785. The van der Waals surface area contributed by atoms with E-state index in [1.165, 1.54) is 12.1 Å². The first kappa shape index (κ1) is 16.6. The highest BCUT2D eigenvalue weighted by Crippen LogP contribution is 2.19. The lowest BCUT2D eigenvalue weighted by molar-refractivity contribution is -0.171. The topological polar surface area (TPSA) is 60.4 Å². The Balaban J connectivity index is 2.49. The molecule has 0 aliphatic heterocycles. The fourth-order valence-electron chi connectivity index (χ4n) is 1.32. The third-order valence-electron chi connectivity index (χ3n) is 2.41. The van der Waals surface area contributed by atoms with Crippen LogP contribution in [0.3, 0.4) is 0 Å². The van der Waals surface area contributed by atoms with Crippen LogP contribution < -0.4 is 0 Å². The average molecular weight is 310 g/mol. The van der Waals surface area contributed by atoms with Crippen molar-refractivity contribution in [2.75, 3.05) is 6.61 Å². The van der Waals surface area contributed by atoms with Crippen molar-refractivity contribution in [2.24, 2.45) is 0 Å². The summed E-state index contributed by atoms with van der Waals surface area (Å²) in [5.74, 6) is -1.89. The zero-order chi connectivity index (χ0) is 15.4. The van der Waals surface area contributed by atoms with Gasteiger partial charge in [-0.05, 0) is 25.5 Å². The van der Waals surface area contributed by atoms with Gasteiger partial charge in [0.1, 0.15) is 0 Å². The van der Waals surface area contributed by atoms with Crippen LogP contribution in [0.25, 0.3) is 0 Å². The second-order valence-electron chi connectivity index (χ2n) is 4.11. The molecule has 0 bridgehead atoms. The van der Waals surface area contributed by atoms with Crippen molar-refractivity contribution < 1.29 is 30.6 Å².